The molecule has 1 N–H and O–H groups in total. The molecule has 0 aliphatic heterocycles. The summed E-state index contributed by atoms with van der Waals surface area (Å²) in [4.78, 5) is 13.2. The molecule has 8 nitrogen and oxygen atoms in total. The molecule has 0 amide bonds. The van der Waals surface area contributed by atoms with E-state index in [-0.39, 0.29) is 0 Å². The smallest absolute Gasteiger partial charge is 0.161 e. The van der Waals surface area contributed by atoms with Gasteiger partial charge in [-0.1, -0.05) is 35.9 Å². The molecule has 9 heteroatoms. The van der Waals surface area contributed by atoms with Gasteiger partial charge in [-0.3, -0.25) is 9.97 Å². The molecule has 6 rings (SSSR count). The number of rotatable bonds is 6. The lowest BCUT2D eigenvalue weighted by molar-refractivity contribution is 0.413. The summed E-state index contributed by atoms with van der Waals surface area (Å²) in [6.45, 7) is 0. The normalized spacial score (nSPS) is 11.0. The first-order valence-corrected chi connectivity index (χ1v) is 11.8. The summed E-state index contributed by atoms with van der Waals surface area (Å²) >= 11 is 6.00. The Kier molecular flexibility index (Phi) is 5.92. The maximum absolute atomic E-state index is 6.10. The molecule has 0 radical (unpaired) electrons. The predicted octanol–water partition coefficient (Wildman–Crippen LogP) is 6.83. The monoisotopic (exact) mass is 506 g/mol. The number of benzene rings is 2. The largest absolute Gasteiger partial charge is 0.495 e. The predicted molar refractivity (Wildman–Crippen MR) is 144 cm³/mol. The van der Waals surface area contributed by atoms with Gasteiger partial charge in [0.25, 0.3) is 0 Å². The Hall–Kier alpha value is -4.82. The van der Waals surface area contributed by atoms with Gasteiger partial charge in [0.2, 0.25) is 0 Å². The first kappa shape index (κ1) is 22.6. The zero-order valence-electron chi connectivity index (χ0n) is 19.6. The van der Waals surface area contributed by atoms with Gasteiger partial charge in [-0.25, -0.2) is 4.98 Å². The van der Waals surface area contributed by atoms with Crippen LogP contribution < -0.4 is 14.8 Å². The van der Waals surface area contributed by atoms with Crippen LogP contribution in [0.3, 0.4) is 0 Å². The molecule has 0 unspecified atom stereocenters. The SMILES string of the molecule is COc1cnc2c(Oc3ccc(Nc4nnc(-c5ccc(Cl)cn5)c5ccccc45)cc3)ccnc2c1. The van der Waals surface area contributed by atoms with E-state index in [0.29, 0.717) is 50.5 Å². The van der Waals surface area contributed by atoms with Crippen molar-refractivity contribution in [2.45, 2.75) is 0 Å². The van der Waals surface area contributed by atoms with Gasteiger partial charge in [0.05, 0.1) is 29.5 Å². The number of ether oxygens (including phenoxy) is 2. The molecular formula is C28H19ClN6O2. The number of hydrogen-bond acceptors (Lipinski definition) is 8. The van der Waals surface area contributed by atoms with Crippen molar-refractivity contribution in [3.05, 3.63) is 96.4 Å². The van der Waals surface area contributed by atoms with Gasteiger partial charge >= 0.3 is 0 Å². The molecule has 0 saturated carbocycles. The molecule has 0 atom stereocenters. The van der Waals surface area contributed by atoms with Crippen LogP contribution >= 0.6 is 11.6 Å². The fourth-order valence-corrected chi connectivity index (χ4v) is 4.06. The highest BCUT2D eigenvalue weighted by Gasteiger charge is 2.13. The molecule has 180 valence electrons. The quantitative estimate of drug-likeness (QED) is 0.262. The second-order valence-corrected chi connectivity index (χ2v) is 8.54. The fourth-order valence-electron chi connectivity index (χ4n) is 3.95. The maximum atomic E-state index is 6.10. The van der Waals surface area contributed by atoms with E-state index in [9.17, 15) is 0 Å². The zero-order valence-corrected chi connectivity index (χ0v) is 20.3. The molecule has 0 spiro atoms. The number of nitrogens with one attached hydrogen (secondary N) is 1. The summed E-state index contributed by atoms with van der Waals surface area (Å²) in [6, 6.07) is 22.7. The Balaban J connectivity index is 1.26. The van der Waals surface area contributed by atoms with E-state index >= 15 is 0 Å². The summed E-state index contributed by atoms with van der Waals surface area (Å²) in [5.74, 6) is 2.55. The maximum Gasteiger partial charge on any atom is 0.161 e. The van der Waals surface area contributed by atoms with Crippen molar-refractivity contribution in [1.82, 2.24) is 25.1 Å². The van der Waals surface area contributed by atoms with Gasteiger partial charge in [-0.05, 0) is 36.4 Å². The second-order valence-electron chi connectivity index (χ2n) is 8.11. The van der Waals surface area contributed by atoms with Crippen molar-refractivity contribution in [3.8, 4) is 28.6 Å². The van der Waals surface area contributed by atoms with Crippen LogP contribution in [0.4, 0.5) is 11.5 Å². The van der Waals surface area contributed by atoms with Crippen LogP contribution in [0.1, 0.15) is 0 Å². The molecule has 0 bridgehead atoms. The number of pyridine rings is 3. The molecule has 4 aromatic heterocycles. The van der Waals surface area contributed by atoms with E-state index in [4.69, 9.17) is 21.1 Å². The average Bonchev–Trinajstić information content (AvgIpc) is 2.95. The number of nitrogens with zero attached hydrogens (tertiary/aromatic N) is 5. The lowest BCUT2D eigenvalue weighted by atomic mass is 10.1. The van der Waals surface area contributed by atoms with Crippen LogP contribution in [0.15, 0.2) is 91.4 Å². The Morgan fingerprint density at radius 1 is 0.784 bits per heavy atom. The lowest BCUT2D eigenvalue weighted by Crippen LogP contribution is -2.00. The summed E-state index contributed by atoms with van der Waals surface area (Å²) in [6.07, 6.45) is 4.93. The highest BCUT2D eigenvalue weighted by molar-refractivity contribution is 6.30. The van der Waals surface area contributed by atoms with Crippen LogP contribution in [0.2, 0.25) is 5.02 Å². The topological polar surface area (TPSA) is 94.9 Å². The van der Waals surface area contributed by atoms with E-state index in [1.807, 2.05) is 60.7 Å². The molecule has 0 aliphatic rings. The van der Waals surface area contributed by atoms with Crippen molar-refractivity contribution in [3.63, 3.8) is 0 Å². The van der Waals surface area contributed by atoms with E-state index in [0.717, 1.165) is 16.5 Å². The molecule has 4 heterocycles. The molecule has 0 aliphatic carbocycles. The molecule has 6 aromatic rings. The van der Waals surface area contributed by atoms with E-state index < -0.39 is 0 Å². The molecular weight excluding hydrogens is 488 g/mol. The minimum atomic E-state index is 0.570. The van der Waals surface area contributed by atoms with Crippen molar-refractivity contribution < 1.29 is 9.47 Å². The Morgan fingerprint density at radius 3 is 2.41 bits per heavy atom. The number of aromatic nitrogens is 5. The number of hydrogen-bond donors (Lipinski definition) is 1. The van der Waals surface area contributed by atoms with Gasteiger partial charge < -0.3 is 14.8 Å². The number of methoxy groups -OCH3 is 1. The first-order chi connectivity index (χ1) is 18.2. The number of anilines is 2. The molecule has 2 aromatic carbocycles. The van der Waals surface area contributed by atoms with E-state index in [2.05, 4.69) is 30.5 Å². The van der Waals surface area contributed by atoms with Gasteiger partial charge in [0.1, 0.15) is 22.7 Å². The van der Waals surface area contributed by atoms with Crippen LogP contribution in [-0.2, 0) is 0 Å². The van der Waals surface area contributed by atoms with Crippen molar-refractivity contribution >= 4 is 44.9 Å². The minimum Gasteiger partial charge on any atom is -0.495 e. The lowest BCUT2D eigenvalue weighted by Gasteiger charge is -2.12. The standard InChI is InChI=1S/C28H19ClN6O2/c1-36-20-14-24-27(32-16-20)25(12-13-30-24)37-19-9-7-18(8-10-19)33-28-22-5-3-2-4-21(22)26(34-35-28)23-11-6-17(29)15-31-23/h2-16H,1H3,(H,33,35). The third-order valence-electron chi connectivity index (χ3n) is 5.75. The third kappa shape index (κ3) is 4.57. The molecule has 0 saturated heterocycles. The second kappa shape index (κ2) is 9.67. The number of halogens is 1. The molecule has 37 heavy (non-hydrogen) atoms. The zero-order chi connectivity index (χ0) is 25.2. The highest BCUT2D eigenvalue weighted by Crippen LogP contribution is 2.32. The van der Waals surface area contributed by atoms with Gasteiger partial charge in [0.15, 0.2) is 11.6 Å². The highest BCUT2D eigenvalue weighted by atomic mass is 35.5. The number of fused-ring (bicyclic) bond motifs is 2. The van der Waals surface area contributed by atoms with Crippen molar-refractivity contribution in [1.29, 1.82) is 0 Å². The van der Waals surface area contributed by atoms with Crippen molar-refractivity contribution in [2.75, 3.05) is 12.4 Å². The average molecular weight is 507 g/mol. The summed E-state index contributed by atoms with van der Waals surface area (Å²) in [5.41, 5.74) is 3.59. The summed E-state index contributed by atoms with van der Waals surface area (Å²) in [5, 5.41) is 14.7. The van der Waals surface area contributed by atoms with E-state index in [1.54, 1.807) is 37.8 Å². The Labute approximate surface area is 216 Å². The Morgan fingerprint density at radius 2 is 1.62 bits per heavy atom. The minimum absolute atomic E-state index is 0.570. The molecule has 0 fully saturated rings. The fraction of sp³-hybridized carbons (Fsp3) is 0.0357. The summed E-state index contributed by atoms with van der Waals surface area (Å²) < 4.78 is 11.3. The Bertz CT molecular complexity index is 1730. The van der Waals surface area contributed by atoms with Crippen LogP contribution in [0.5, 0.6) is 17.2 Å². The van der Waals surface area contributed by atoms with Crippen LogP contribution in [-0.4, -0.2) is 32.3 Å². The van der Waals surface area contributed by atoms with Gasteiger partial charge in [0, 0.05) is 41.0 Å². The van der Waals surface area contributed by atoms with Crippen LogP contribution in [0.25, 0.3) is 33.2 Å². The van der Waals surface area contributed by atoms with Gasteiger partial charge in [-0.2, -0.15) is 0 Å². The van der Waals surface area contributed by atoms with Crippen molar-refractivity contribution in [2.24, 2.45) is 0 Å². The summed E-state index contributed by atoms with van der Waals surface area (Å²) in [7, 11) is 1.60. The third-order valence-corrected chi connectivity index (χ3v) is 5.98. The van der Waals surface area contributed by atoms with Gasteiger partial charge in [-0.15, -0.1) is 10.2 Å². The van der Waals surface area contributed by atoms with Crippen LogP contribution in [0, 0.1) is 0 Å². The first-order valence-electron chi connectivity index (χ1n) is 11.4. The van der Waals surface area contributed by atoms with E-state index in [1.165, 1.54) is 0 Å².